The van der Waals surface area contributed by atoms with Gasteiger partial charge in [-0.1, -0.05) is 29.3 Å². The first-order chi connectivity index (χ1) is 15.8. The zero-order valence-corrected chi connectivity index (χ0v) is 20.8. The summed E-state index contributed by atoms with van der Waals surface area (Å²) in [5.74, 6) is -0.301. The molecule has 0 aliphatic rings. The van der Waals surface area contributed by atoms with Crippen LogP contribution in [0.25, 0.3) is 0 Å². The van der Waals surface area contributed by atoms with E-state index in [9.17, 15) is 9.59 Å². The van der Waals surface area contributed by atoms with E-state index >= 15 is 0 Å². The third-order valence-corrected chi connectivity index (χ3v) is 6.47. The van der Waals surface area contributed by atoms with Gasteiger partial charge in [-0.2, -0.15) is 0 Å². The number of halogens is 2. The highest BCUT2D eigenvalue weighted by atomic mass is 35.5. The van der Waals surface area contributed by atoms with E-state index in [1.165, 1.54) is 11.3 Å². The number of rotatable bonds is 8. The number of urea groups is 1. The number of amides is 3. The maximum absolute atomic E-state index is 12.8. The van der Waals surface area contributed by atoms with Gasteiger partial charge in [0.25, 0.3) is 5.91 Å². The zero-order chi connectivity index (χ0) is 24.0. The molecule has 0 saturated carbocycles. The predicted octanol–water partition coefficient (Wildman–Crippen LogP) is 6.00. The number of carbonyl (C=O) groups excluding carboxylic acids is 2. The molecule has 0 radical (unpaired) electrons. The van der Waals surface area contributed by atoms with Gasteiger partial charge in [0.05, 0.1) is 23.2 Å². The quantitative estimate of drug-likeness (QED) is 0.392. The molecule has 1 heterocycles. The molecule has 2 aromatic carbocycles. The van der Waals surface area contributed by atoms with Crippen molar-refractivity contribution in [3.8, 4) is 0 Å². The van der Waals surface area contributed by atoms with Crippen molar-refractivity contribution in [2.45, 2.75) is 20.4 Å². The summed E-state index contributed by atoms with van der Waals surface area (Å²) >= 11 is 13.3. The lowest BCUT2D eigenvalue weighted by molar-refractivity contribution is 0.102. The first-order valence-electron chi connectivity index (χ1n) is 10.1. The van der Waals surface area contributed by atoms with Gasteiger partial charge in [0.15, 0.2) is 0 Å². The Morgan fingerprint density at radius 3 is 2.45 bits per heavy atom. The molecule has 10 heteroatoms. The van der Waals surface area contributed by atoms with E-state index in [0.29, 0.717) is 45.3 Å². The highest BCUT2D eigenvalue weighted by Gasteiger charge is 2.18. The van der Waals surface area contributed by atoms with E-state index in [1.54, 1.807) is 35.6 Å². The lowest BCUT2D eigenvalue weighted by Crippen LogP contribution is -2.36. The summed E-state index contributed by atoms with van der Waals surface area (Å²) in [7, 11) is 1.56. The number of methoxy groups -OCH3 is 1. The number of anilines is 2. The van der Waals surface area contributed by atoms with Crippen LogP contribution in [0.5, 0.6) is 0 Å². The van der Waals surface area contributed by atoms with Crippen LogP contribution in [0.3, 0.4) is 0 Å². The summed E-state index contributed by atoms with van der Waals surface area (Å²) in [5, 5.41) is 8.71. The lowest BCUT2D eigenvalue weighted by atomic mass is 10.1. The van der Waals surface area contributed by atoms with Crippen LogP contribution in [-0.4, -0.2) is 42.1 Å². The molecular weight excluding hydrogens is 483 g/mol. The molecule has 7 nitrogen and oxygen atoms in total. The Morgan fingerprint density at radius 2 is 1.76 bits per heavy atom. The van der Waals surface area contributed by atoms with Gasteiger partial charge in [-0.15, -0.1) is 11.3 Å². The van der Waals surface area contributed by atoms with Crippen molar-refractivity contribution in [3.63, 3.8) is 0 Å². The predicted molar refractivity (Wildman–Crippen MR) is 134 cm³/mol. The number of carbonyl (C=O) groups is 2. The lowest BCUT2D eigenvalue weighted by Gasteiger charge is -2.22. The zero-order valence-electron chi connectivity index (χ0n) is 18.4. The average molecular weight is 507 g/mol. The number of nitrogens with zero attached hydrogens (tertiary/aromatic N) is 2. The van der Waals surface area contributed by atoms with Crippen LogP contribution in [0.15, 0.2) is 41.8 Å². The normalized spacial score (nSPS) is 10.7. The second-order valence-corrected chi connectivity index (χ2v) is 9.11. The number of benzene rings is 2. The van der Waals surface area contributed by atoms with Crippen LogP contribution in [0, 0.1) is 13.8 Å². The highest BCUT2D eigenvalue weighted by Crippen LogP contribution is 2.25. The molecule has 0 bridgehead atoms. The third-order valence-electron chi connectivity index (χ3n) is 4.90. The smallest absolute Gasteiger partial charge is 0.322 e. The van der Waals surface area contributed by atoms with Gasteiger partial charge >= 0.3 is 6.03 Å². The molecular formula is C23H24Cl2N4O3S. The topological polar surface area (TPSA) is 83.6 Å². The van der Waals surface area contributed by atoms with Crippen molar-refractivity contribution in [2.24, 2.45) is 0 Å². The summed E-state index contributed by atoms with van der Waals surface area (Å²) < 4.78 is 5.13. The molecule has 33 heavy (non-hydrogen) atoms. The fraction of sp³-hybridized carbons (Fsp3) is 0.261. The Hall–Kier alpha value is -2.65. The van der Waals surface area contributed by atoms with E-state index < -0.39 is 0 Å². The van der Waals surface area contributed by atoms with Gasteiger partial charge in [0.1, 0.15) is 10.7 Å². The molecule has 0 atom stereocenters. The summed E-state index contributed by atoms with van der Waals surface area (Å²) in [6, 6.07) is 10.2. The number of hydrogen-bond acceptors (Lipinski definition) is 5. The molecule has 3 aromatic rings. The largest absolute Gasteiger partial charge is 0.383 e. The molecule has 174 valence electrons. The second kappa shape index (κ2) is 11.5. The van der Waals surface area contributed by atoms with Gasteiger partial charge in [-0.3, -0.25) is 4.79 Å². The van der Waals surface area contributed by atoms with Gasteiger partial charge < -0.3 is 20.3 Å². The first kappa shape index (κ1) is 25.0. The number of thiazole rings is 1. The molecule has 0 fully saturated rings. The van der Waals surface area contributed by atoms with E-state index in [-0.39, 0.29) is 18.5 Å². The number of aromatic nitrogens is 1. The Balaban J connectivity index is 1.67. The van der Waals surface area contributed by atoms with E-state index in [0.717, 1.165) is 11.1 Å². The molecule has 0 unspecified atom stereocenters. The van der Waals surface area contributed by atoms with Crippen molar-refractivity contribution < 1.29 is 14.3 Å². The van der Waals surface area contributed by atoms with Crippen molar-refractivity contribution in [2.75, 3.05) is 30.9 Å². The van der Waals surface area contributed by atoms with Crippen molar-refractivity contribution in [1.29, 1.82) is 0 Å². The van der Waals surface area contributed by atoms with Crippen LogP contribution in [0.1, 0.15) is 26.6 Å². The van der Waals surface area contributed by atoms with Crippen molar-refractivity contribution >= 4 is 57.9 Å². The maximum Gasteiger partial charge on any atom is 0.322 e. The number of nitrogens with one attached hydrogen (secondary N) is 2. The first-order valence-corrected chi connectivity index (χ1v) is 11.7. The molecule has 1 aromatic heterocycles. The number of aryl methyl sites for hydroxylation is 2. The van der Waals surface area contributed by atoms with Crippen molar-refractivity contribution in [3.05, 3.63) is 73.7 Å². The van der Waals surface area contributed by atoms with Gasteiger partial charge in [0, 0.05) is 30.4 Å². The molecule has 0 aliphatic carbocycles. The second-order valence-electron chi connectivity index (χ2n) is 7.35. The Morgan fingerprint density at radius 1 is 1.03 bits per heavy atom. The van der Waals surface area contributed by atoms with Crippen LogP contribution in [-0.2, 0) is 11.3 Å². The van der Waals surface area contributed by atoms with Crippen molar-refractivity contribution in [1.82, 2.24) is 9.88 Å². The van der Waals surface area contributed by atoms with Gasteiger partial charge in [0.2, 0.25) is 0 Å². The molecule has 0 spiro atoms. The Labute approximate surface area is 206 Å². The van der Waals surface area contributed by atoms with E-state index in [2.05, 4.69) is 15.6 Å². The highest BCUT2D eigenvalue weighted by molar-refractivity contribution is 7.09. The Kier molecular flexibility index (Phi) is 8.68. The summed E-state index contributed by atoms with van der Waals surface area (Å²) in [4.78, 5) is 31.4. The average Bonchev–Trinajstić information content (AvgIpc) is 3.25. The number of ether oxygens (including phenoxy) is 1. The molecule has 3 rings (SSSR count). The SMILES string of the molecule is COCCN(Cc1nc(C(=O)Nc2ccc(C)c(C)c2)cs1)C(=O)Nc1ccc(Cl)c(Cl)c1. The molecule has 0 aliphatic heterocycles. The molecule has 3 amide bonds. The minimum Gasteiger partial charge on any atom is -0.383 e. The van der Waals surface area contributed by atoms with Crippen LogP contribution < -0.4 is 10.6 Å². The van der Waals surface area contributed by atoms with Crippen LogP contribution >= 0.6 is 34.5 Å². The van der Waals surface area contributed by atoms with Gasteiger partial charge in [-0.25, -0.2) is 9.78 Å². The van der Waals surface area contributed by atoms with E-state index in [1.807, 2.05) is 32.0 Å². The van der Waals surface area contributed by atoms with Crippen LogP contribution in [0.2, 0.25) is 10.0 Å². The standard InChI is InChI=1S/C23H24Cl2N4O3S/c1-14-4-5-16(10-15(14)2)26-22(30)20-13-33-21(28-20)12-29(8-9-32-3)23(31)27-17-6-7-18(24)19(25)11-17/h4-7,10-11,13H,8-9,12H2,1-3H3,(H,26,30)(H,27,31). The minimum atomic E-state index is -0.346. The summed E-state index contributed by atoms with van der Waals surface area (Å²) in [5.41, 5.74) is 3.77. The Bertz CT molecular complexity index is 1150. The molecule has 0 saturated heterocycles. The van der Waals surface area contributed by atoms with E-state index in [4.69, 9.17) is 27.9 Å². The van der Waals surface area contributed by atoms with Gasteiger partial charge in [-0.05, 0) is 55.3 Å². The minimum absolute atomic E-state index is 0.220. The maximum atomic E-state index is 12.8. The summed E-state index contributed by atoms with van der Waals surface area (Å²) in [6.45, 7) is 4.91. The fourth-order valence-corrected chi connectivity index (χ4v) is 3.98. The number of hydrogen-bond donors (Lipinski definition) is 2. The fourth-order valence-electron chi connectivity index (χ4n) is 2.90. The monoisotopic (exact) mass is 506 g/mol. The van der Waals surface area contributed by atoms with Crippen LogP contribution in [0.4, 0.5) is 16.2 Å². The molecule has 2 N–H and O–H groups in total. The summed E-state index contributed by atoms with van der Waals surface area (Å²) in [6.07, 6.45) is 0. The third kappa shape index (κ3) is 6.91.